The number of aliphatic hydroxyl groups is 1. The minimum Gasteiger partial charge on any atom is -0.493 e. The number of benzene rings is 1. The zero-order valence-corrected chi connectivity index (χ0v) is 16.3. The van der Waals surface area contributed by atoms with Crippen molar-refractivity contribution in [3.63, 3.8) is 0 Å². The third-order valence-corrected chi connectivity index (χ3v) is 4.45. The number of ether oxygens (including phenoxy) is 2. The maximum Gasteiger partial charge on any atom is 0.438 e. The van der Waals surface area contributed by atoms with Crippen LogP contribution in [-0.2, 0) is 6.18 Å². The Kier molecular flexibility index (Phi) is 5.50. The third kappa shape index (κ3) is 4.09. The Morgan fingerprint density at radius 2 is 1.65 bits per heavy atom. The number of aromatic nitrogens is 2. The minimum atomic E-state index is -5.24. The molecule has 0 radical (unpaired) electrons. The van der Waals surface area contributed by atoms with Crippen molar-refractivity contribution in [2.45, 2.75) is 31.4 Å². The maximum atomic E-state index is 13.5. The van der Waals surface area contributed by atoms with Gasteiger partial charge in [0.05, 0.1) is 19.9 Å². The van der Waals surface area contributed by atoms with Gasteiger partial charge in [0.2, 0.25) is 5.95 Å². The van der Waals surface area contributed by atoms with Crippen LogP contribution in [0.25, 0.3) is 11.3 Å². The number of methoxy groups -OCH3 is 2. The Balaban J connectivity index is 2.22. The van der Waals surface area contributed by atoms with E-state index in [-0.39, 0.29) is 33.5 Å². The molecule has 2 aromatic rings. The van der Waals surface area contributed by atoms with Gasteiger partial charge in [-0.3, -0.25) is 0 Å². The monoisotopic (exact) mass is 450 g/mol. The maximum absolute atomic E-state index is 13.5. The van der Waals surface area contributed by atoms with E-state index in [4.69, 9.17) is 9.47 Å². The van der Waals surface area contributed by atoms with Crippen LogP contribution in [-0.4, -0.2) is 46.9 Å². The number of alkyl halides is 6. The lowest BCUT2D eigenvalue weighted by Gasteiger charge is -2.32. The van der Waals surface area contributed by atoms with E-state index < -0.39 is 36.1 Å². The molecule has 0 bridgehead atoms. The molecule has 31 heavy (non-hydrogen) atoms. The molecule has 3 rings (SSSR count). The van der Waals surface area contributed by atoms with Crippen molar-refractivity contribution in [3.05, 3.63) is 30.0 Å². The van der Waals surface area contributed by atoms with E-state index in [1.165, 1.54) is 39.3 Å². The van der Waals surface area contributed by atoms with Crippen molar-refractivity contribution in [2.75, 3.05) is 19.2 Å². The third-order valence-electron chi connectivity index (χ3n) is 4.45. The highest BCUT2D eigenvalue weighted by Crippen LogP contribution is 2.43. The summed E-state index contributed by atoms with van der Waals surface area (Å²) >= 11 is 0. The largest absolute Gasteiger partial charge is 0.493 e. The van der Waals surface area contributed by atoms with Crippen LogP contribution in [0.3, 0.4) is 0 Å². The van der Waals surface area contributed by atoms with Gasteiger partial charge in [0.1, 0.15) is 0 Å². The highest BCUT2D eigenvalue weighted by atomic mass is 19.4. The van der Waals surface area contributed by atoms with Crippen LogP contribution in [0.4, 0.5) is 32.3 Å². The summed E-state index contributed by atoms with van der Waals surface area (Å²) in [5, 5.41) is 13.7. The topological polar surface area (TPSA) is 80.1 Å². The molecule has 2 heterocycles. The molecule has 7 nitrogen and oxygen atoms in total. The Morgan fingerprint density at radius 3 is 2.19 bits per heavy atom. The predicted octanol–water partition coefficient (Wildman–Crippen LogP) is 4.02. The SMILES string of the molecule is COc1ccc(-c2cc(C(F)(F)F)nc(N3N=C(C)C[C@@]3(O)C(F)(F)F)n2)cc1OC. The van der Waals surface area contributed by atoms with E-state index in [0.717, 1.165) is 0 Å². The second-order valence-electron chi connectivity index (χ2n) is 6.64. The summed E-state index contributed by atoms with van der Waals surface area (Å²) in [5.74, 6) is -0.616. The lowest BCUT2D eigenvalue weighted by Crippen LogP contribution is -2.55. The van der Waals surface area contributed by atoms with E-state index >= 15 is 0 Å². The molecular formula is C18H16F6N4O3. The Morgan fingerprint density at radius 1 is 1.00 bits per heavy atom. The summed E-state index contributed by atoms with van der Waals surface area (Å²) in [5.41, 5.74) is -5.53. The van der Waals surface area contributed by atoms with E-state index in [1.807, 2.05) is 0 Å². The average Bonchev–Trinajstić information content (AvgIpc) is 3.01. The fourth-order valence-corrected chi connectivity index (χ4v) is 2.97. The summed E-state index contributed by atoms with van der Waals surface area (Å²) < 4.78 is 91.1. The van der Waals surface area contributed by atoms with Gasteiger partial charge in [-0.15, -0.1) is 0 Å². The van der Waals surface area contributed by atoms with Crippen LogP contribution < -0.4 is 14.5 Å². The molecule has 0 saturated carbocycles. The Hall–Kier alpha value is -3.09. The molecule has 0 amide bonds. The molecule has 0 spiro atoms. The standard InChI is InChI=1S/C18H16F6N4O3/c1-9-8-16(29,18(22,23)24)28(27-9)15-25-11(7-14(26-15)17(19,20)21)10-4-5-12(30-2)13(6-10)31-3/h4-7,29H,8H2,1-3H3/t16-/m1/s1. The van der Waals surface area contributed by atoms with Crippen LogP contribution in [0, 0.1) is 0 Å². The first-order valence-electron chi connectivity index (χ1n) is 8.62. The highest BCUT2D eigenvalue weighted by molar-refractivity contribution is 5.87. The van der Waals surface area contributed by atoms with Crippen LogP contribution in [0.5, 0.6) is 11.5 Å². The van der Waals surface area contributed by atoms with Crippen molar-refractivity contribution in [1.29, 1.82) is 0 Å². The molecule has 0 fully saturated rings. The summed E-state index contributed by atoms with van der Waals surface area (Å²) in [7, 11) is 2.66. The number of rotatable bonds is 4. The average molecular weight is 450 g/mol. The lowest BCUT2D eigenvalue weighted by atomic mass is 10.1. The van der Waals surface area contributed by atoms with Gasteiger partial charge in [-0.05, 0) is 31.2 Å². The zero-order valence-electron chi connectivity index (χ0n) is 16.3. The van der Waals surface area contributed by atoms with Crippen LogP contribution in [0.2, 0.25) is 0 Å². The van der Waals surface area contributed by atoms with Crippen LogP contribution in [0.1, 0.15) is 19.0 Å². The summed E-state index contributed by atoms with van der Waals surface area (Å²) in [4.78, 5) is 7.02. The fourth-order valence-electron chi connectivity index (χ4n) is 2.97. The van der Waals surface area contributed by atoms with Crippen molar-refractivity contribution >= 4 is 11.7 Å². The second kappa shape index (κ2) is 7.55. The molecule has 1 aliphatic heterocycles. The Labute approximate surface area is 171 Å². The molecule has 0 aliphatic carbocycles. The first kappa shape index (κ1) is 22.6. The first-order chi connectivity index (χ1) is 14.3. The van der Waals surface area contributed by atoms with Crippen molar-refractivity contribution in [2.24, 2.45) is 5.10 Å². The molecule has 1 aromatic carbocycles. The number of hydrogen-bond donors (Lipinski definition) is 1. The van der Waals surface area contributed by atoms with Gasteiger partial charge in [-0.1, -0.05) is 0 Å². The van der Waals surface area contributed by atoms with Crippen molar-refractivity contribution < 1.29 is 40.9 Å². The lowest BCUT2D eigenvalue weighted by molar-refractivity contribution is -0.254. The van der Waals surface area contributed by atoms with Crippen molar-refractivity contribution in [1.82, 2.24) is 9.97 Å². The van der Waals surface area contributed by atoms with Crippen LogP contribution in [0.15, 0.2) is 29.4 Å². The van der Waals surface area contributed by atoms with Gasteiger partial charge in [0.15, 0.2) is 17.2 Å². The number of hydrazone groups is 1. The van der Waals surface area contributed by atoms with Gasteiger partial charge < -0.3 is 14.6 Å². The summed E-state index contributed by atoms with van der Waals surface area (Å²) in [6.45, 7) is 1.19. The number of halogens is 6. The number of hydrogen-bond acceptors (Lipinski definition) is 7. The molecule has 168 valence electrons. The van der Waals surface area contributed by atoms with Crippen LogP contribution >= 0.6 is 0 Å². The molecule has 0 saturated heterocycles. The molecule has 13 heteroatoms. The van der Waals surface area contributed by atoms with E-state index in [0.29, 0.717) is 6.07 Å². The van der Waals surface area contributed by atoms with E-state index in [9.17, 15) is 31.4 Å². The predicted molar refractivity (Wildman–Crippen MR) is 96.8 cm³/mol. The second-order valence-corrected chi connectivity index (χ2v) is 6.64. The smallest absolute Gasteiger partial charge is 0.438 e. The summed E-state index contributed by atoms with van der Waals surface area (Å²) in [6, 6.07) is 4.62. The Bertz CT molecular complexity index is 1020. The molecule has 0 unspecified atom stereocenters. The molecule has 1 aliphatic rings. The van der Waals surface area contributed by atoms with Gasteiger partial charge in [-0.2, -0.15) is 36.5 Å². The minimum absolute atomic E-state index is 0.0399. The van der Waals surface area contributed by atoms with Gasteiger partial charge >= 0.3 is 12.4 Å². The zero-order chi connectivity index (χ0) is 23.2. The summed E-state index contributed by atoms with van der Waals surface area (Å²) in [6.07, 6.45) is -11.2. The van der Waals surface area contributed by atoms with E-state index in [1.54, 1.807) is 0 Å². The van der Waals surface area contributed by atoms with E-state index in [2.05, 4.69) is 15.1 Å². The molecule has 1 atom stereocenters. The van der Waals surface area contributed by atoms with Gasteiger partial charge in [-0.25, -0.2) is 9.97 Å². The van der Waals surface area contributed by atoms with Crippen molar-refractivity contribution in [3.8, 4) is 22.8 Å². The molecule has 1 aromatic heterocycles. The van der Waals surface area contributed by atoms with Gasteiger partial charge in [0, 0.05) is 17.7 Å². The number of nitrogens with zero attached hydrogens (tertiary/aromatic N) is 4. The first-order valence-corrected chi connectivity index (χ1v) is 8.62. The van der Waals surface area contributed by atoms with Gasteiger partial charge in [0.25, 0.3) is 5.72 Å². The normalized spacial score (nSPS) is 19.4. The molecular weight excluding hydrogens is 434 g/mol. The fraction of sp³-hybridized carbons (Fsp3) is 0.389. The quantitative estimate of drug-likeness (QED) is 0.709. The number of anilines is 1. The highest BCUT2D eigenvalue weighted by Gasteiger charge is 2.62. The molecule has 1 N–H and O–H groups in total.